The van der Waals surface area contributed by atoms with Crippen LogP contribution in [-0.2, 0) is 5.41 Å². The average molecular weight is 411 g/mol. The maximum absolute atomic E-state index is 10.8. The van der Waals surface area contributed by atoms with Crippen LogP contribution in [0.4, 0.5) is 0 Å². The zero-order valence-electron chi connectivity index (χ0n) is 18.2. The van der Waals surface area contributed by atoms with Gasteiger partial charge in [-0.05, 0) is 84.9 Å². The lowest BCUT2D eigenvalue weighted by molar-refractivity contribution is 0.0833. The van der Waals surface area contributed by atoms with Crippen LogP contribution in [0.3, 0.4) is 0 Å². The maximum Gasteiger partial charge on any atom is 0.118 e. The third-order valence-electron chi connectivity index (χ3n) is 6.71. The zero-order valence-corrected chi connectivity index (χ0v) is 19.0. The normalized spacial score (nSPS) is 17.0. The quantitative estimate of drug-likeness (QED) is 0.580. The van der Waals surface area contributed by atoms with Crippen LogP contribution in [-0.4, -0.2) is 27.3 Å². The SMILES string of the molecule is CCC(CC)(c1ccc(O)c(C)c1)c1ccc(/C=C/C2(O)CCSCC2)c(C)c1. The number of thioether (sulfide) groups is 1. The van der Waals surface area contributed by atoms with Gasteiger partial charge in [-0.1, -0.05) is 56.3 Å². The predicted octanol–water partition coefficient (Wildman–Crippen LogP) is 6.39. The fourth-order valence-electron chi connectivity index (χ4n) is 4.48. The van der Waals surface area contributed by atoms with Crippen molar-refractivity contribution < 1.29 is 10.2 Å². The second-order valence-corrected chi connectivity index (χ2v) is 9.64. The highest BCUT2D eigenvalue weighted by Gasteiger charge is 2.31. The minimum absolute atomic E-state index is 0.0652. The molecule has 2 nitrogen and oxygen atoms in total. The van der Waals surface area contributed by atoms with Crippen molar-refractivity contribution in [2.75, 3.05) is 11.5 Å². The van der Waals surface area contributed by atoms with Gasteiger partial charge in [0.25, 0.3) is 0 Å². The summed E-state index contributed by atoms with van der Waals surface area (Å²) in [5.41, 5.74) is 5.17. The highest BCUT2D eigenvalue weighted by atomic mass is 32.2. The molecule has 1 aliphatic heterocycles. The Morgan fingerprint density at radius 2 is 1.55 bits per heavy atom. The molecule has 1 saturated heterocycles. The topological polar surface area (TPSA) is 40.5 Å². The lowest BCUT2D eigenvalue weighted by Crippen LogP contribution is -2.30. The molecule has 0 aliphatic carbocycles. The predicted molar refractivity (Wildman–Crippen MR) is 126 cm³/mol. The number of aromatic hydroxyl groups is 1. The van der Waals surface area contributed by atoms with Gasteiger partial charge in [0, 0.05) is 5.41 Å². The molecule has 1 aliphatic rings. The summed E-state index contributed by atoms with van der Waals surface area (Å²) in [4.78, 5) is 0. The number of rotatable bonds is 6. The Balaban J connectivity index is 1.95. The lowest BCUT2D eigenvalue weighted by Gasteiger charge is -2.34. The molecule has 0 saturated carbocycles. The van der Waals surface area contributed by atoms with Crippen molar-refractivity contribution >= 4 is 17.8 Å². The summed E-state index contributed by atoms with van der Waals surface area (Å²) >= 11 is 1.92. The Morgan fingerprint density at radius 1 is 0.966 bits per heavy atom. The van der Waals surface area contributed by atoms with E-state index in [9.17, 15) is 10.2 Å². The summed E-state index contributed by atoms with van der Waals surface area (Å²) in [6.45, 7) is 8.60. The molecule has 0 radical (unpaired) electrons. The molecule has 29 heavy (non-hydrogen) atoms. The molecule has 0 atom stereocenters. The number of phenols is 1. The second-order valence-electron chi connectivity index (χ2n) is 8.41. The summed E-state index contributed by atoms with van der Waals surface area (Å²) in [5, 5.41) is 20.7. The highest BCUT2D eigenvalue weighted by Crippen LogP contribution is 2.41. The minimum atomic E-state index is -0.656. The molecule has 2 aromatic carbocycles. The molecule has 0 unspecified atom stereocenters. The summed E-state index contributed by atoms with van der Waals surface area (Å²) in [6, 6.07) is 12.7. The van der Waals surface area contributed by atoms with E-state index >= 15 is 0 Å². The monoisotopic (exact) mass is 410 g/mol. The van der Waals surface area contributed by atoms with Gasteiger partial charge in [-0.3, -0.25) is 0 Å². The summed E-state index contributed by atoms with van der Waals surface area (Å²) in [6.07, 6.45) is 7.77. The number of benzene rings is 2. The molecule has 1 fully saturated rings. The van der Waals surface area contributed by atoms with Crippen LogP contribution in [0.2, 0.25) is 0 Å². The molecule has 0 amide bonds. The number of hydrogen-bond donors (Lipinski definition) is 2. The van der Waals surface area contributed by atoms with Crippen LogP contribution in [0, 0.1) is 13.8 Å². The first kappa shape index (κ1) is 22.0. The van der Waals surface area contributed by atoms with E-state index in [1.165, 1.54) is 22.3 Å². The Hall–Kier alpha value is -1.71. The third kappa shape index (κ3) is 4.57. The zero-order chi connectivity index (χ0) is 21.1. The molecular formula is C26H34O2S. The van der Waals surface area contributed by atoms with Crippen LogP contribution in [0.5, 0.6) is 5.75 Å². The lowest BCUT2D eigenvalue weighted by atomic mass is 9.70. The number of aryl methyl sites for hydroxylation is 2. The smallest absolute Gasteiger partial charge is 0.118 e. The molecule has 2 N–H and O–H groups in total. The summed E-state index contributed by atoms with van der Waals surface area (Å²) < 4.78 is 0. The molecule has 1 heterocycles. The first-order valence-electron chi connectivity index (χ1n) is 10.7. The number of hydrogen-bond acceptors (Lipinski definition) is 3. The number of aliphatic hydroxyl groups is 1. The molecule has 156 valence electrons. The van der Waals surface area contributed by atoms with E-state index < -0.39 is 5.60 Å². The fourth-order valence-corrected chi connectivity index (χ4v) is 5.68. The maximum atomic E-state index is 10.8. The van der Waals surface area contributed by atoms with Gasteiger partial charge in [0.1, 0.15) is 5.75 Å². The van der Waals surface area contributed by atoms with E-state index in [2.05, 4.69) is 57.2 Å². The van der Waals surface area contributed by atoms with Gasteiger partial charge in [0.15, 0.2) is 0 Å². The van der Waals surface area contributed by atoms with Crippen LogP contribution in [0.15, 0.2) is 42.5 Å². The van der Waals surface area contributed by atoms with Crippen molar-refractivity contribution in [2.45, 2.75) is 64.4 Å². The molecule has 3 heteroatoms. The Bertz CT molecular complexity index is 874. The summed E-state index contributed by atoms with van der Waals surface area (Å²) in [5.74, 6) is 2.41. The van der Waals surface area contributed by atoms with Gasteiger partial charge in [-0.25, -0.2) is 0 Å². The first-order valence-corrected chi connectivity index (χ1v) is 11.9. The van der Waals surface area contributed by atoms with Crippen LogP contribution in [0.1, 0.15) is 67.3 Å². The summed E-state index contributed by atoms with van der Waals surface area (Å²) in [7, 11) is 0. The van der Waals surface area contributed by atoms with Gasteiger partial charge in [0.2, 0.25) is 0 Å². The average Bonchev–Trinajstić information content (AvgIpc) is 2.72. The van der Waals surface area contributed by atoms with E-state index in [1.54, 1.807) is 0 Å². The van der Waals surface area contributed by atoms with Crippen molar-refractivity contribution in [3.63, 3.8) is 0 Å². The number of phenolic OH excluding ortho intramolecular Hbond substituents is 1. The molecule has 3 rings (SSSR count). The van der Waals surface area contributed by atoms with Crippen molar-refractivity contribution in [3.05, 3.63) is 70.3 Å². The van der Waals surface area contributed by atoms with Crippen molar-refractivity contribution in [3.8, 4) is 5.75 Å². The van der Waals surface area contributed by atoms with E-state index in [-0.39, 0.29) is 5.41 Å². The van der Waals surface area contributed by atoms with E-state index in [0.717, 1.165) is 42.8 Å². The van der Waals surface area contributed by atoms with E-state index in [0.29, 0.717) is 5.75 Å². The van der Waals surface area contributed by atoms with Gasteiger partial charge in [-0.15, -0.1) is 0 Å². The van der Waals surface area contributed by atoms with Crippen molar-refractivity contribution in [2.24, 2.45) is 0 Å². The molecule has 0 aromatic heterocycles. The molecule has 2 aromatic rings. The van der Waals surface area contributed by atoms with E-state index in [1.807, 2.05) is 30.8 Å². The van der Waals surface area contributed by atoms with Gasteiger partial charge in [0.05, 0.1) is 5.60 Å². The van der Waals surface area contributed by atoms with Crippen LogP contribution in [0.25, 0.3) is 6.08 Å². The Kier molecular flexibility index (Phi) is 6.80. The van der Waals surface area contributed by atoms with Crippen LogP contribution < -0.4 is 0 Å². The molecule has 0 spiro atoms. The standard InChI is InChI=1S/C26H34O2S/c1-5-26(6-2,23-9-10-24(27)20(4)18-23)22-8-7-21(19(3)17-22)11-12-25(28)13-15-29-16-14-25/h7-12,17-18,27-28H,5-6,13-16H2,1-4H3/b12-11+. The molecular weight excluding hydrogens is 376 g/mol. The highest BCUT2D eigenvalue weighted by molar-refractivity contribution is 7.99. The van der Waals surface area contributed by atoms with Gasteiger partial charge >= 0.3 is 0 Å². The van der Waals surface area contributed by atoms with Gasteiger partial charge < -0.3 is 10.2 Å². The molecule has 0 bridgehead atoms. The second kappa shape index (κ2) is 8.97. The Morgan fingerprint density at radius 3 is 2.10 bits per heavy atom. The third-order valence-corrected chi connectivity index (χ3v) is 7.70. The van der Waals surface area contributed by atoms with Crippen molar-refractivity contribution in [1.29, 1.82) is 0 Å². The first-order chi connectivity index (χ1) is 13.8. The van der Waals surface area contributed by atoms with Crippen LogP contribution >= 0.6 is 11.8 Å². The van der Waals surface area contributed by atoms with Gasteiger partial charge in [-0.2, -0.15) is 11.8 Å². The fraction of sp³-hybridized carbons (Fsp3) is 0.462. The minimum Gasteiger partial charge on any atom is -0.508 e. The largest absolute Gasteiger partial charge is 0.508 e. The van der Waals surface area contributed by atoms with E-state index in [4.69, 9.17) is 0 Å². The van der Waals surface area contributed by atoms with Crippen molar-refractivity contribution in [1.82, 2.24) is 0 Å². The Labute approximate surface area is 180 Å².